The molecule has 0 spiro atoms. The lowest BCUT2D eigenvalue weighted by molar-refractivity contribution is -0.122. The smallest absolute Gasteiger partial charge is 0.241 e. The van der Waals surface area contributed by atoms with Crippen LogP contribution in [0.5, 0.6) is 0 Å². The van der Waals surface area contributed by atoms with Gasteiger partial charge in [-0.25, -0.2) is 4.98 Å². The van der Waals surface area contributed by atoms with Gasteiger partial charge in [-0.15, -0.1) is 24.8 Å². The van der Waals surface area contributed by atoms with Crippen LogP contribution >= 0.6 is 24.8 Å². The predicted octanol–water partition coefficient (Wildman–Crippen LogP) is 2.85. The highest BCUT2D eigenvalue weighted by atomic mass is 35.5. The number of carbonyl (C=O) groups excluding carboxylic acids is 1. The van der Waals surface area contributed by atoms with Crippen molar-refractivity contribution in [1.29, 1.82) is 0 Å². The second-order valence-corrected chi connectivity index (χ2v) is 5.18. The minimum Gasteiger partial charge on any atom is -0.370 e. The van der Waals surface area contributed by atoms with Gasteiger partial charge < -0.3 is 16.4 Å². The number of hydrogen-bond acceptors (Lipinski definition) is 4. The van der Waals surface area contributed by atoms with Crippen LogP contribution < -0.4 is 16.4 Å². The quantitative estimate of drug-likeness (QED) is 0.654. The van der Waals surface area contributed by atoms with Gasteiger partial charge in [0, 0.05) is 19.3 Å². The zero-order valence-corrected chi connectivity index (χ0v) is 15.2. The second kappa shape index (κ2) is 11.7. The van der Waals surface area contributed by atoms with E-state index in [4.69, 9.17) is 5.73 Å². The fraction of sp³-hybridized carbons (Fsp3) is 0.294. The number of halogens is 2. The zero-order valence-electron chi connectivity index (χ0n) is 13.6. The van der Waals surface area contributed by atoms with Crippen LogP contribution in [0.25, 0.3) is 0 Å². The van der Waals surface area contributed by atoms with E-state index in [-0.39, 0.29) is 30.7 Å². The van der Waals surface area contributed by atoms with E-state index in [0.717, 1.165) is 29.9 Å². The van der Waals surface area contributed by atoms with Crippen molar-refractivity contribution in [3.63, 3.8) is 0 Å². The third kappa shape index (κ3) is 7.17. The highest BCUT2D eigenvalue weighted by Crippen LogP contribution is 2.09. The molecule has 0 bridgehead atoms. The van der Waals surface area contributed by atoms with Crippen LogP contribution in [0.3, 0.4) is 0 Å². The third-order valence-corrected chi connectivity index (χ3v) is 3.31. The summed E-state index contributed by atoms with van der Waals surface area (Å²) in [5.74, 6) is 0.692. The number of pyridine rings is 1. The molecular weight excluding hydrogens is 347 g/mol. The normalized spacial score (nSPS) is 10.8. The Labute approximate surface area is 155 Å². The van der Waals surface area contributed by atoms with E-state index >= 15 is 0 Å². The van der Waals surface area contributed by atoms with Crippen molar-refractivity contribution in [2.75, 3.05) is 18.4 Å². The molecule has 1 aromatic heterocycles. The van der Waals surface area contributed by atoms with E-state index in [1.54, 1.807) is 0 Å². The summed E-state index contributed by atoms with van der Waals surface area (Å²) in [4.78, 5) is 16.2. The molecule has 7 heteroatoms. The van der Waals surface area contributed by atoms with Crippen molar-refractivity contribution < 1.29 is 4.79 Å². The number of amides is 1. The van der Waals surface area contributed by atoms with Crippen LogP contribution in [0.4, 0.5) is 5.82 Å². The molecule has 5 nitrogen and oxygen atoms in total. The van der Waals surface area contributed by atoms with E-state index in [2.05, 4.69) is 15.6 Å². The van der Waals surface area contributed by atoms with E-state index in [9.17, 15) is 4.79 Å². The van der Waals surface area contributed by atoms with Crippen molar-refractivity contribution in [3.8, 4) is 0 Å². The highest BCUT2D eigenvalue weighted by Gasteiger charge is 2.14. The molecule has 1 amide bonds. The molecule has 1 aromatic carbocycles. The number of nitrogens with zero attached hydrogens (tertiary/aromatic N) is 1. The van der Waals surface area contributed by atoms with Crippen LogP contribution in [-0.4, -0.2) is 24.0 Å². The van der Waals surface area contributed by atoms with Crippen LogP contribution in [-0.2, 0) is 4.79 Å². The SMILES string of the molecule is Cc1ccc(NCCCNC(=O)C(N)c2ccccc2)nc1.Cl.Cl. The monoisotopic (exact) mass is 370 g/mol. The minimum absolute atomic E-state index is 0. The average Bonchev–Trinajstić information content (AvgIpc) is 2.56. The van der Waals surface area contributed by atoms with E-state index in [1.807, 2.05) is 55.6 Å². The summed E-state index contributed by atoms with van der Waals surface area (Å²) in [6.07, 6.45) is 2.63. The first-order valence-corrected chi connectivity index (χ1v) is 7.41. The molecule has 0 aliphatic carbocycles. The molecule has 24 heavy (non-hydrogen) atoms. The first kappa shape index (κ1) is 22.2. The largest absolute Gasteiger partial charge is 0.370 e. The molecule has 0 fully saturated rings. The standard InChI is InChI=1S/C17H22N4O.2ClH/c1-13-8-9-15(21-12-13)19-10-5-11-20-17(22)16(18)14-6-3-2-4-7-14;;/h2-4,6-9,12,16H,5,10-11,18H2,1H3,(H,19,21)(H,20,22);2*1H. The van der Waals surface area contributed by atoms with Gasteiger partial charge in [0.15, 0.2) is 0 Å². The van der Waals surface area contributed by atoms with Gasteiger partial charge in [0.2, 0.25) is 5.91 Å². The Kier molecular flexibility index (Phi) is 10.8. The van der Waals surface area contributed by atoms with Gasteiger partial charge in [-0.3, -0.25) is 4.79 Å². The number of benzene rings is 1. The number of nitrogens with one attached hydrogen (secondary N) is 2. The van der Waals surface area contributed by atoms with Crippen molar-refractivity contribution in [3.05, 3.63) is 59.8 Å². The number of aryl methyl sites for hydroxylation is 1. The first-order valence-electron chi connectivity index (χ1n) is 7.41. The Balaban J connectivity index is 0.00000264. The van der Waals surface area contributed by atoms with Gasteiger partial charge in [0.1, 0.15) is 11.9 Å². The zero-order chi connectivity index (χ0) is 15.8. The lowest BCUT2D eigenvalue weighted by Crippen LogP contribution is -2.35. The van der Waals surface area contributed by atoms with Crippen LogP contribution in [0, 0.1) is 6.92 Å². The summed E-state index contributed by atoms with van der Waals surface area (Å²) in [6, 6.07) is 12.7. The number of anilines is 1. The Morgan fingerprint density at radius 3 is 2.46 bits per heavy atom. The Bertz CT molecular complexity index is 593. The molecule has 2 aromatic rings. The number of hydrogen-bond donors (Lipinski definition) is 3. The van der Waals surface area contributed by atoms with Crippen LogP contribution in [0.15, 0.2) is 48.7 Å². The number of nitrogens with two attached hydrogens (primary N) is 1. The summed E-state index contributed by atoms with van der Waals surface area (Å²) in [5.41, 5.74) is 7.87. The van der Waals surface area contributed by atoms with Gasteiger partial charge in [-0.1, -0.05) is 36.4 Å². The molecule has 0 saturated heterocycles. The van der Waals surface area contributed by atoms with Gasteiger partial charge in [-0.05, 0) is 30.5 Å². The van der Waals surface area contributed by atoms with Gasteiger partial charge in [0.05, 0.1) is 0 Å². The molecule has 0 aliphatic heterocycles. The van der Waals surface area contributed by atoms with E-state index < -0.39 is 6.04 Å². The average molecular weight is 371 g/mol. The summed E-state index contributed by atoms with van der Waals surface area (Å²) < 4.78 is 0. The van der Waals surface area contributed by atoms with Gasteiger partial charge >= 0.3 is 0 Å². The molecule has 1 unspecified atom stereocenters. The molecule has 132 valence electrons. The maximum Gasteiger partial charge on any atom is 0.241 e. The minimum atomic E-state index is -0.618. The predicted molar refractivity (Wildman–Crippen MR) is 103 cm³/mol. The molecule has 1 atom stereocenters. The van der Waals surface area contributed by atoms with Crippen molar-refractivity contribution in [2.24, 2.45) is 5.73 Å². The number of aromatic nitrogens is 1. The van der Waals surface area contributed by atoms with Gasteiger partial charge in [-0.2, -0.15) is 0 Å². The molecule has 4 N–H and O–H groups in total. The molecule has 1 heterocycles. The maximum absolute atomic E-state index is 11.9. The third-order valence-electron chi connectivity index (χ3n) is 3.31. The lowest BCUT2D eigenvalue weighted by Gasteiger charge is -2.12. The van der Waals surface area contributed by atoms with Crippen molar-refractivity contribution >= 4 is 36.5 Å². The summed E-state index contributed by atoms with van der Waals surface area (Å²) in [7, 11) is 0. The van der Waals surface area contributed by atoms with Crippen molar-refractivity contribution in [2.45, 2.75) is 19.4 Å². The topological polar surface area (TPSA) is 80.0 Å². The van der Waals surface area contributed by atoms with Crippen LogP contribution in [0.1, 0.15) is 23.6 Å². The Hall–Kier alpha value is -1.82. The Morgan fingerprint density at radius 2 is 1.83 bits per heavy atom. The lowest BCUT2D eigenvalue weighted by atomic mass is 10.1. The second-order valence-electron chi connectivity index (χ2n) is 5.18. The Morgan fingerprint density at radius 1 is 1.12 bits per heavy atom. The fourth-order valence-electron chi connectivity index (χ4n) is 2.01. The van der Waals surface area contributed by atoms with Gasteiger partial charge in [0.25, 0.3) is 0 Å². The molecule has 0 radical (unpaired) electrons. The molecule has 0 aliphatic rings. The van der Waals surface area contributed by atoms with E-state index in [0.29, 0.717) is 6.54 Å². The molecular formula is C17H24Cl2N4O. The summed E-state index contributed by atoms with van der Waals surface area (Å²) in [6.45, 7) is 3.33. The summed E-state index contributed by atoms with van der Waals surface area (Å²) in [5, 5.41) is 6.06. The number of rotatable bonds is 7. The number of carbonyl (C=O) groups is 1. The molecule has 2 rings (SSSR count). The van der Waals surface area contributed by atoms with Crippen LogP contribution in [0.2, 0.25) is 0 Å². The highest BCUT2D eigenvalue weighted by molar-refractivity contribution is 5.85. The van der Waals surface area contributed by atoms with E-state index in [1.165, 1.54) is 0 Å². The van der Waals surface area contributed by atoms with Crippen molar-refractivity contribution in [1.82, 2.24) is 10.3 Å². The fourth-order valence-corrected chi connectivity index (χ4v) is 2.01. The molecule has 0 saturated carbocycles. The first-order chi connectivity index (χ1) is 10.7. The maximum atomic E-state index is 11.9. The summed E-state index contributed by atoms with van der Waals surface area (Å²) >= 11 is 0.